The molecule has 0 radical (unpaired) electrons. The molecule has 4 aromatic rings. The number of carbonyl (C=O) groups excluding carboxylic acids is 1. The fourth-order valence-corrected chi connectivity index (χ4v) is 3.76. The number of hydrogen-bond donors (Lipinski definition) is 1. The van der Waals surface area contributed by atoms with Gasteiger partial charge in [-0.25, -0.2) is 4.98 Å². The Balaban J connectivity index is 1.72. The molecule has 1 heterocycles. The lowest BCUT2D eigenvalue weighted by molar-refractivity contribution is -0.137. The molecule has 0 atom stereocenters. The Morgan fingerprint density at radius 1 is 0.939 bits per heavy atom. The summed E-state index contributed by atoms with van der Waals surface area (Å²) in [6.45, 7) is -0.0795. The Hall–Kier alpha value is -4.19. The van der Waals surface area contributed by atoms with E-state index >= 15 is 0 Å². The van der Waals surface area contributed by atoms with E-state index in [4.69, 9.17) is 9.72 Å². The minimum absolute atomic E-state index is 0.295. The monoisotopic (exact) mass is 440 g/mol. The van der Waals surface area contributed by atoms with Crippen molar-refractivity contribution in [2.45, 2.75) is 6.42 Å². The van der Waals surface area contributed by atoms with E-state index in [0.29, 0.717) is 35.1 Å². The number of nitrogens with zero attached hydrogens (tertiary/aromatic N) is 2. The maximum Gasteiger partial charge on any atom is 0.323 e. The number of fused-ring (bicyclic) bond motifs is 1. The summed E-state index contributed by atoms with van der Waals surface area (Å²) >= 11 is 0. The van der Waals surface area contributed by atoms with E-state index in [1.807, 2.05) is 78.9 Å². The molecule has 0 aliphatic heterocycles. The van der Waals surface area contributed by atoms with Crippen LogP contribution in [0.3, 0.4) is 0 Å². The Kier molecular flexibility index (Phi) is 6.64. The minimum atomic E-state index is -1.05. The first-order valence-electron chi connectivity index (χ1n) is 10.6. The highest BCUT2D eigenvalue weighted by Crippen LogP contribution is 2.27. The molecule has 0 aliphatic carbocycles. The fraction of sp³-hybridized carbons (Fsp3) is 0.148. The number of carboxylic acid groups (broad SMARTS) is 1. The highest BCUT2D eigenvalue weighted by atomic mass is 16.5. The zero-order valence-electron chi connectivity index (χ0n) is 18.3. The first-order valence-corrected chi connectivity index (χ1v) is 10.6. The van der Waals surface area contributed by atoms with Gasteiger partial charge >= 0.3 is 5.97 Å². The second kappa shape index (κ2) is 9.96. The number of para-hydroxylation sites is 1. The van der Waals surface area contributed by atoms with Crippen LogP contribution in [-0.2, 0) is 11.2 Å². The number of ether oxygens (including phenoxy) is 1. The summed E-state index contributed by atoms with van der Waals surface area (Å²) in [6.07, 6.45) is 0.564. The molecule has 0 saturated carbocycles. The molecule has 0 aliphatic rings. The molecular weight excluding hydrogens is 416 g/mol. The van der Waals surface area contributed by atoms with Crippen LogP contribution in [0.25, 0.3) is 22.2 Å². The lowest BCUT2D eigenvalue weighted by Gasteiger charge is -2.22. The Bertz CT molecular complexity index is 1270. The molecule has 0 bridgehead atoms. The lowest BCUT2D eigenvalue weighted by Crippen LogP contribution is -2.37. The third-order valence-corrected chi connectivity index (χ3v) is 5.46. The molecule has 1 N–H and O–H groups in total. The highest BCUT2D eigenvalue weighted by Gasteiger charge is 2.22. The third kappa shape index (κ3) is 5.18. The van der Waals surface area contributed by atoms with Gasteiger partial charge in [0, 0.05) is 17.5 Å². The topological polar surface area (TPSA) is 79.7 Å². The third-order valence-electron chi connectivity index (χ3n) is 5.46. The van der Waals surface area contributed by atoms with Crippen LogP contribution in [0.15, 0.2) is 84.9 Å². The molecule has 6 heteroatoms. The van der Waals surface area contributed by atoms with Gasteiger partial charge in [-0.15, -0.1) is 0 Å². The van der Waals surface area contributed by atoms with Crippen LogP contribution in [-0.4, -0.2) is 47.1 Å². The van der Waals surface area contributed by atoms with Crippen LogP contribution in [0.4, 0.5) is 0 Å². The standard InChI is InChI=1S/C27H24N2O4/c1-33-21-13-11-20(12-14-21)25-17-23(22-9-5-6-10-24(22)28-25)27(32)29(18-26(30)31)16-15-19-7-3-2-4-8-19/h2-14,17H,15-16,18H2,1H3,(H,30,31). The smallest absolute Gasteiger partial charge is 0.323 e. The summed E-state index contributed by atoms with van der Waals surface area (Å²) in [4.78, 5) is 31.3. The van der Waals surface area contributed by atoms with Crippen molar-refractivity contribution in [1.29, 1.82) is 0 Å². The summed E-state index contributed by atoms with van der Waals surface area (Å²) in [5, 5.41) is 10.1. The maximum absolute atomic E-state index is 13.6. The molecule has 1 amide bonds. The van der Waals surface area contributed by atoms with Crippen molar-refractivity contribution in [2.75, 3.05) is 20.2 Å². The second-order valence-electron chi connectivity index (χ2n) is 7.66. The summed E-state index contributed by atoms with van der Waals surface area (Å²) < 4.78 is 5.23. The van der Waals surface area contributed by atoms with Crippen LogP contribution in [0.1, 0.15) is 15.9 Å². The van der Waals surface area contributed by atoms with Gasteiger partial charge in [-0.2, -0.15) is 0 Å². The van der Waals surface area contributed by atoms with E-state index in [1.54, 1.807) is 13.2 Å². The van der Waals surface area contributed by atoms with Gasteiger partial charge in [-0.1, -0.05) is 48.5 Å². The largest absolute Gasteiger partial charge is 0.497 e. The van der Waals surface area contributed by atoms with Crippen molar-refractivity contribution in [3.05, 3.63) is 96.1 Å². The molecule has 3 aromatic carbocycles. The van der Waals surface area contributed by atoms with E-state index in [1.165, 1.54) is 4.90 Å². The summed E-state index contributed by atoms with van der Waals surface area (Å²) in [6, 6.07) is 26.3. The van der Waals surface area contributed by atoms with Crippen molar-refractivity contribution in [3.63, 3.8) is 0 Å². The van der Waals surface area contributed by atoms with Crippen molar-refractivity contribution in [2.24, 2.45) is 0 Å². The molecule has 6 nitrogen and oxygen atoms in total. The lowest BCUT2D eigenvalue weighted by atomic mass is 10.0. The number of carbonyl (C=O) groups is 2. The second-order valence-corrected chi connectivity index (χ2v) is 7.66. The van der Waals surface area contributed by atoms with E-state index in [9.17, 15) is 14.7 Å². The molecule has 1 aromatic heterocycles. The average Bonchev–Trinajstić information content (AvgIpc) is 2.86. The van der Waals surface area contributed by atoms with Crippen LogP contribution >= 0.6 is 0 Å². The normalized spacial score (nSPS) is 10.7. The predicted octanol–water partition coefficient (Wildman–Crippen LogP) is 4.68. The van der Waals surface area contributed by atoms with Crippen LogP contribution in [0, 0.1) is 0 Å². The number of hydrogen-bond acceptors (Lipinski definition) is 4. The molecule has 33 heavy (non-hydrogen) atoms. The zero-order chi connectivity index (χ0) is 23.2. The van der Waals surface area contributed by atoms with Crippen molar-refractivity contribution in [3.8, 4) is 17.0 Å². The molecule has 0 fully saturated rings. The zero-order valence-corrected chi connectivity index (χ0v) is 18.3. The highest BCUT2D eigenvalue weighted by molar-refractivity contribution is 6.07. The first kappa shape index (κ1) is 22.0. The summed E-state index contributed by atoms with van der Waals surface area (Å²) in [5.41, 5.74) is 3.62. The van der Waals surface area contributed by atoms with Gasteiger partial charge in [0.05, 0.1) is 23.9 Å². The number of benzene rings is 3. The van der Waals surface area contributed by atoms with Gasteiger partial charge in [-0.05, 0) is 48.4 Å². The quantitative estimate of drug-likeness (QED) is 0.430. The summed E-state index contributed by atoms with van der Waals surface area (Å²) in [7, 11) is 1.60. The summed E-state index contributed by atoms with van der Waals surface area (Å²) in [5.74, 6) is -0.656. The van der Waals surface area contributed by atoms with E-state index in [2.05, 4.69) is 0 Å². The van der Waals surface area contributed by atoms with Gasteiger partial charge < -0.3 is 14.7 Å². The van der Waals surface area contributed by atoms with Gasteiger partial charge in [-0.3, -0.25) is 9.59 Å². The van der Waals surface area contributed by atoms with E-state index < -0.39 is 5.97 Å². The van der Waals surface area contributed by atoms with Crippen LogP contribution < -0.4 is 4.74 Å². The molecule has 4 rings (SSSR count). The van der Waals surface area contributed by atoms with Gasteiger partial charge in [0.15, 0.2) is 0 Å². The maximum atomic E-state index is 13.6. The molecule has 0 spiro atoms. The molecular formula is C27H24N2O4. The molecule has 0 unspecified atom stereocenters. The Morgan fingerprint density at radius 2 is 1.64 bits per heavy atom. The minimum Gasteiger partial charge on any atom is -0.497 e. The van der Waals surface area contributed by atoms with Crippen LogP contribution in [0.2, 0.25) is 0 Å². The first-order chi connectivity index (χ1) is 16.0. The Labute approximate surface area is 192 Å². The van der Waals surface area contributed by atoms with E-state index in [-0.39, 0.29) is 12.5 Å². The van der Waals surface area contributed by atoms with Crippen LogP contribution in [0.5, 0.6) is 5.75 Å². The number of aliphatic carboxylic acids is 1. The molecule has 166 valence electrons. The number of aromatic nitrogens is 1. The van der Waals surface area contributed by atoms with E-state index in [0.717, 1.165) is 16.9 Å². The predicted molar refractivity (Wildman–Crippen MR) is 127 cm³/mol. The van der Waals surface area contributed by atoms with Crippen molar-refractivity contribution >= 4 is 22.8 Å². The number of pyridine rings is 1. The molecule has 0 saturated heterocycles. The SMILES string of the molecule is COc1ccc(-c2cc(C(=O)N(CCc3ccccc3)CC(=O)O)c3ccccc3n2)cc1. The number of carboxylic acids is 1. The number of amides is 1. The Morgan fingerprint density at radius 3 is 2.33 bits per heavy atom. The van der Waals surface area contributed by atoms with Gasteiger partial charge in [0.2, 0.25) is 0 Å². The van der Waals surface area contributed by atoms with Crippen molar-refractivity contribution in [1.82, 2.24) is 9.88 Å². The average molecular weight is 440 g/mol. The van der Waals surface area contributed by atoms with Gasteiger partial charge in [0.25, 0.3) is 5.91 Å². The van der Waals surface area contributed by atoms with Crippen molar-refractivity contribution < 1.29 is 19.4 Å². The fourth-order valence-electron chi connectivity index (χ4n) is 3.76. The van der Waals surface area contributed by atoms with Gasteiger partial charge in [0.1, 0.15) is 12.3 Å². The number of rotatable bonds is 8. The number of methoxy groups -OCH3 is 1.